The maximum Gasteiger partial charge on any atom is 0.225 e. The normalized spacial score (nSPS) is 13.8. The zero-order valence-electron chi connectivity index (χ0n) is 14.7. The number of aromatic nitrogens is 4. The van der Waals surface area contributed by atoms with E-state index >= 15 is 0 Å². The highest BCUT2D eigenvalue weighted by Gasteiger charge is 2.24. The van der Waals surface area contributed by atoms with Crippen molar-refractivity contribution in [3.8, 4) is 16.9 Å². The molecule has 8 heteroatoms. The smallest absolute Gasteiger partial charge is 0.225 e. The lowest BCUT2D eigenvalue weighted by Gasteiger charge is -2.08. The molecular formula is C20H16F2N6. The molecule has 28 heavy (non-hydrogen) atoms. The molecule has 0 amide bonds. The van der Waals surface area contributed by atoms with Crippen molar-refractivity contribution >= 4 is 22.8 Å². The number of nitrogen functional groups attached to an aromatic ring is 1. The van der Waals surface area contributed by atoms with Gasteiger partial charge in [-0.2, -0.15) is 4.98 Å². The van der Waals surface area contributed by atoms with Crippen molar-refractivity contribution in [2.75, 3.05) is 11.1 Å². The van der Waals surface area contributed by atoms with Gasteiger partial charge in [0.25, 0.3) is 0 Å². The van der Waals surface area contributed by atoms with Crippen LogP contribution in [-0.4, -0.2) is 25.8 Å². The molecular weight excluding hydrogens is 362 g/mol. The van der Waals surface area contributed by atoms with E-state index < -0.39 is 0 Å². The van der Waals surface area contributed by atoms with E-state index in [1.807, 2.05) is 0 Å². The minimum absolute atomic E-state index is 0.304. The summed E-state index contributed by atoms with van der Waals surface area (Å²) in [5.41, 5.74) is 8.42. The monoisotopic (exact) mass is 378 g/mol. The summed E-state index contributed by atoms with van der Waals surface area (Å²) in [6.07, 6.45) is 2.12. The first-order valence-electron chi connectivity index (χ1n) is 8.93. The van der Waals surface area contributed by atoms with Gasteiger partial charge in [-0.05, 0) is 49.2 Å². The summed E-state index contributed by atoms with van der Waals surface area (Å²) in [6.45, 7) is 0. The highest BCUT2D eigenvalue weighted by Crippen LogP contribution is 2.34. The highest BCUT2D eigenvalue weighted by atomic mass is 19.1. The summed E-state index contributed by atoms with van der Waals surface area (Å²) in [7, 11) is 0. The molecule has 3 N–H and O–H groups in total. The summed E-state index contributed by atoms with van der Waals surface area (Å²) in [5.74, 6) is 0.0116. The fourth-order valence-corrected chi connectivity index (χ4v) is 3.11. The number of anilines is 2. The van der Waals surface area contributed by atoms with Crippen molar-refractivity contribution < 1.29 is 8.78 Å². The quantitative estimate of drug-likeness (QED) is 0.563. The molecule has 1 saturated carbocycles. The Morgan fingerprint density at radius 3 is 2.50 bits per heavy atom. The van der Waals surface area contributed by atoms with E-state index in [4.69, 9.17) is 5.73 Å². The molecule has 2 aromatic carbocycles. The Morgan fingerprint density at radius 2 is 1.79 bits per heavy atom. The first kappa shape index (κ1) is 16.6. The third-order valence-corrected chi connectivity index (χ3v) is 4.65. The molecule has 0 saturated heterocycles. The molecule has 0 radical (unpaired) electrons. The number of hydrogen-bond donors (Lipinski definition) is 2. The van der Waals surface area contributed by atoms with Crippen LogP contribution in [0.1, 0.15) is 12.8 Å². The van der Waals surface area contributed by atoms with Gasteiger partial charge in [0.05, 0.1) is 16.8 Å². The van der Waals surface area contributed by atoms with Crippen molar-refractivity contribution in [1.29, 1.82) is 0 Å². The molecule has 5 rings (SSSR count). The van der Waals surface area contributed by atoms with E-state index in [0.717, 1.165) is 12.8 Å². The van der Waals surface area contributed by atoms with Crippen molar-refractivity contribution in [3.05, 3.63) is 60.2 Å². The summed E-state index contributed by atoms with van der Waals surface area (Å²) < 4.78 is 28.6. The van der Waals surface area contributed by atoms with Crippen LogP contribution in [0, 0.1) is 11.6 Å². The highest BCUT2D eigenvalue weighted by molar-refractivity contribution is 5.99. The molecule has 4 aromatic rings. The van der Waals surface area contributed by atoms with Gasteiger partial charge in [-0.25, -0.2) is 18.4 Å². The number of halogens is 2. The number of fused-ring (bicyclic) bond motifs is 1. The van der Waals surface area contributed by atoms with Gasteiger partial charge in [-0.3, -0.25) is 0 Å². The molecule has 140 valence electrons. The van der Waals surface area contributed by atoms with Gasteiger partial charge >= 0.3 is 0 Å². The summed E-state index contributed by atoms with van der Waals surface area (Å²) in [6, 6.07) is 12.3. The van der Waals surface area contributed by atoms with Crippen LogP contribution in [0.5, 0.6) is 0 Å². The van der Waals surface area contributed by atoms with Crippen molar-refractivity contribution in [2.24, 2.45) is 0 Å². The minimum atomic E-state index is -0.370. The average molecular weight is 378 g/mol. The number of nitrogens with zero attached hydrogens (tertiary/aromatic N) is 4. The summed E-state index contributed by atoms with van der Waals surface area (Å²) in [5, 5.41) is 8.27. The van der Waals surface area contributed by atoms with Gasteiger partial charge in [0, 0.05) is 11.6 Å². The first-order chi connectivity index (χ1) is 13.6. The van der Waals surface area contributed by atoms with E-state index in [9.17, 15) is 8.78 Å². The number of nitrogens with one attached hydrogen (secondary N) is 1. The first-order valence-corrected chi connectivity index (χ1v) is 8.93. The van der Waals surface area contributed by atoms with E-state index in [0.29, 0.717) is 45.8 Å². The maximum absolute atomic E-state index is 13.8. The molecule has 1 fully saturated rings. The Bertz CT molecular complexity index is 1180. The molecule has 6 nitrogen and oxygen atoms in total. The largest absolute Gasteiger partial charge is 0.383 e. The zero-order valence-corrected chi connectivity index (χ0v) is 14.7. The minimum Gasteiger partial charge on any atom is -0.383 e. The summed E-state index contributed by atoms with van der Waals surface area (Å²) >= 11 is 0. The van der Waals surface area contributed by atoms with Crippen LogP contribution < -0.4 is 11.1 Å². The molecule has 1 aliphatic rings. The molecule has 0 unspecified atom stereocenters. The second kappa shape index (κ2) is 6.26. The lowest BCUT2D eigenvalue weighted by molar-refractivity contribution is 0.627. The van der Waals surface area contributed by atoms with Crippen LogP contribution in [0.25, 0.3) is 28.0 Å². The third-order valence-electron chi connectivity index (χ3n) is 4.65. The predicted octanol–water partition coefficient (Wildman–Crippen LogP) is 3.92. The van der Waals surface area contributed by atoms with E-state index in [1.165, 1.54) is 28.9 Å². The number of benzene rings is 2. The molecule has 0 bridgehead atoms. The number of hydrogen-bond acceptors (Lipinski definition) is 5. The molecule has 0 atom stereocenters. The van der Waals surface area contributed by atoms with Crippen molar-refractivity contribution in [3.63, 3.8) is 0 Å². The number of rotatable bonds is 4. The molecule has 0 spiro atoms. The van der Waals surface area contributed by atoms with Crippen LogP contribution >= 0.6 is 0 Å². The molecule has 0 aliphatic heterocycles. The fraction of sp³-hybridized carbons (Fsp3) is 0.150. The van der Waals surface area contributed by atoms with Crippen LogP contribution in [0.4, 0.5) is 20.5 Å². The van der Waals surface area contributed by atoms with Crippen molar-refractivity contribution in [2.45, 2.75) is 18.9 Å². The lowest BCUT2D eigenvalue weighted by Crippen LogP contribution is -2.06. The van der Waals surface area contributed by atoms with Crippen LogP contribution in [0.3, 0.4) is 0 Å². The van der Waals surface area contributed by atoms with Crippen LogP contribution in [0.2, 0.25) is 0 Å². The molecule has 2 aromatic heterocycles. The van der Waals surface area contributed by atoms with E-state index in [1.54, 1.807) is 24.3 Å². The second-order valence-electron chi connectivity index (χ2n) is 6.80. The molecule has 2 heterocycles. The van der Waals surface area contributed by atoms with Crippen LogP contribution in [0.15, 0.2) is 48.5 Å². The maximum atomic E-state index is 13.8. The van der Waals surface area contributed by atoms with Crippen LogP contribution in [-0.2, 0) is 0 Å². The Hall–Kier alpha value is -3.55. The van der Waals surface area contributed by atoms with Gasteiger partial charge in [-0.1, -0.05) is 12.1 Å². The third kappa shape index (κ3) is 2.92. The van der Waals surface area contributed by atoms with E-state index in [-0.39, 0.29) is 11.6 Å². The predicted molar refractivity (Wildman–Crippen MR) is 103 cm³/mol. The Morgan fingerprint density at radius 1 is 1.00 bits per heavy atom. The van der Waals surface area contributed by atoms with Gasteiger partial charge in [0.15, 0.2) is 5.65 Å². The Labute approximate surface area is 159 Å². The van der Waals surface area contributed by atoms with E-state index in [2.05, 4.69) is 20.4 Å². The van der Waals surface area contributed by atoms with Crippen molar-refractivity contribution in [1.82, 2.24) is 19.7 Å². The van der Waals surface area contributed by atoms with Gasteiger partial charge in [-0.15, -0.1) is 5.10 Å². The molecule has 1 aliphatic carbocycles. The number of nitrogens with two attached hydrogens (primary N) is 1. The zero-order chi connectivity index (χ0) is 19.3. The summed E-state index contributed by atoms with van der Waals surface area (Å²) in [4.78, 5) is 9.08. The topological polar surface area (TPSA) is 81.7 Å². The lowest BCUT2D eigenvalue weighted by atomic mass is 10.1. The standard InChI is InChI=1S/C20H16F2N6/c21-12-4-8-15(9-5-12)28-18(23)16-17(11-2-1-3-13(22)10-11)25-20(24-14-6-7-14)26-19(16)27-28/h1-5,8-10,14H,6-7,23H2,(H,24,26,27). The van der Waals surface area contributed by atoms with Gasteiger partial charge < -0.3 is 11.1 Å². The fourth-order valence-electron chi connectivity index (χ4n) is 3.11. The Balaban J connectivity index is 1.74. The average Bonchev–Trinajstić information content (AvgIpc) is 3.44. The SMILES string of the molecule is Nc1c2c(-c3cccc(F)c3)nc(NC3CC3)nc2nn1-c1ccc(F)cc1. The Kier molecular flexibility index (Phi) is 3.71. The van der Waals surface area contributed by atoms with Gasteiger partial charge in [0.1, 0.15) is 17.5 Å². The van der Waals surface area contributed by atoms with Gasteiger partial charge in [0.2, 0.25) is 5.95 Å². The second-order valence-corrected chi connectivity index (χ2v) is 6.80.